The molecule has 3 heterocycles. The number of aromatic nitrogens is 3. The number of hydrogen-bond donors (Lipinski definition) is 2. The SMILES string of the molecule is Cl.O=c1[nH]nc(-c2ccc(-c3ccc4occc4c3)cc2)n1C[C@@H]1CCNC1. The predicted molar refractivity (Wildman–Crippen MR) is 112 cm³/mol. The fourth-order valence-electron chi connectivity index (χ4n) is 3.79. The topological polar surface area (TPSA) is 75.8 Å². The first-order chi connectivity index (χ1) is 13.3. The number of benzene rings is 2. The van der Waals surface area contributed by atoms with Gasteiger partial charge in [0.2, 0.25) is 0 Å². The van der Waals surface area contributed by atoms with Gasteiger partial charge in [-0.05, 0) is 54.8 Å². The summed E-state index contributed by atoms with van der Waals surface area (Å²) in [7, 11) is 0. The molecule has 5 rings (SSSR count). The number of rotatable bonds is 4. The molecular weight excluding hydrogens is 376 g/mol. The molecule has 0 amide bonds. The van der Waals surface area contributed by atoms with Crippen molar-refractivity contribution in [3.05, 3.63) is 65.3 Å². The molecule has 0 spiro atoms. The summed E-state index contributed by atoms with van der Waals surface area (Å²) in [5, 5.41) is 11.3. The normalized spacial score (nSPS) is 16.4. The van der Waals surface area contributed by atoms with E-state index in [4.69, 9.17) is 4.42 Å². The Labute approximate surface area is 168 Å². The van der Waals surface area contributed by atoms with E-state index in [2.05, 4.69) is 39.8 Å². The molecule has 7 heteroatoms. The van der Waals surface area contributed by atoms with E-state index in [1.54, 1.807) is 10.8 Å². The van der Waals surface area contributed by atoms with E-state index in [1.165, 1.54) is 0 Å². The van der Waals surface area contributed by atoms with Gasteiger partial charge in [0.15, 0.2) is 5.82 Å². The number of fused-ring (bicyclic) bond motifs is 1. The minimum Gasteiger partial charge on any atom is -0.464 e. The van der Waals surface area contributed by atoms with E-state index in [0.717, 1.165) is 47.2 Å². The third-order valence-corrected chi connectivity index (χ3v) is 5.29. The molecule has 0 aliphatic carbocycles. The highest BCUT2D eigenvalue weighted by molar-refractivity contribution is 5.85. The molecule has 0 unspecified atom stereocenters. The Morgan fingerprint density at radius 3 is 2.64 bits per heavy atom. The molecule has 1 fully saturated rings. The fourth-order valence-corrected chi connectivity index (χ4v) is 3.79. The highest BCUT2D eigenvalue weighted by atomic mass is 35.5. The van der Waals surface area contributed by atoms with E-state index in [1.807, 2.05) is 24.3 Å². The van der Waals surface area contributed by atoms with Gasteiger partial charge in [-0.3, -0.25) is 4.57 Å². The summed E-state index contributed by atoms with van der Waals surface area (Å²) in [4.78, 5) is 12.2. The molecule has 28 heavy (non-hydrogen) atoms. The van der Waals surface area contributed by atoms with E-state index in [-0.39, 0.29) is 18.1 Å². The molecule has 2 aromatic carbocycles. The van der Waals surface area contributed by atoms with Crippen molar-refractivity contribution in [3.8, 4) is 22.5 Å². The molecule has 2 N–H and O–H groups in total. The van der Waals surface area contributed by atoms with Crippen molar-refractivity contribution in [2.75, 3.05) is 13.1 Å². The van der Waals surface area contributed by atoms with Gasteiger partial charge in [-0.2, -0.15) is 5.10 Å². The van der Waals surface area contributed by atoms with Gasteiger partial charge in [0, 0.05) is 17.5 Å². The first-order valence-electron chi connectivity index (χ1n) is 9.22. The highest BCUT2D eigenvalue weighted by Crippen LogP contribution is 2.27. The number of furan rings is 1. The summed E-state index contributed by atoms with van der Waals surface area (Å²) >= 11 is 0. The van der Waals surface area contributed by atoms with Crippen LogP contribution in [0.25, 0.3) is 33.5 Å². The van der Waals surface area contributed by atoms with E-state index in [0.29, 0.717) is 18.3 Å². The summed E-state index contributed by atoms with van der Waals surface area (Å²) in [6.07, 6.45) is 2.79. The summed E-state index contributed by atoms with van der Waals surface area (Å²) < 4.78 is 7.16. The standard InChI is InChI=1S/C21H20N4O2.ClH/c26-21-24-23-20(25(21)13-14-7-9-22-12-14)16-3-1-15(2-4-16)17-5-6-19-18(11-17)8-10-27-19;/h1-6,8,10-11,14,22H,7,9,12-13H2,(H,24,26);1H/t14-;/m1./s1. The maximum atomic E-state index is 12.2. The summed E-state index contributed by atoms with van der Waals surface area (Å²) in [5.74, 6) is 1.17. The zero-order chi connectivity index (χ0) is 18.2. The van der Waals surface area contributed by atoms with Crippen molar-refractivity contribution in [1.29, 1.82) is 0 Å². The van der Waals surface area contributed by atoms with Crippen LogP contribution < -0.4 is 11.0 Å². The third kappa shape index (κ3) is 3.37. The van der Waals surface area contributed by atoms with Crippen molar-refractivity contribution in [2.45, 2.75) is 13.0 Å². The summed E-state index contributed by atoms with van der Waals surface area (Å²) in [6.45, 7) is 2.66. The van der Waals surface area contributed by atoms with Gasteiger partial charge in [0.1, 0.15) is 5.58 Å². The average Bonchev–Trinajstić information content (AvgIpc) is 3.44. The number of nitrogens with one attached hydrogen (secondary N) is 2. The van der Waals surface area contributed by atoms with Gasteiger partial charge >= 0.3 is 5.69 Å². The second kappa shape index (κ2) is 7.66. The van der Waals surface area contributed by atoms with E-state index >= 15 is 0 Å². The van der Waals surface area contributed by atoms with Crippen LogP contribution in [-0.2, 0) is 6.54 Å². The molecule has 1 atom stereocenters. The molecule has 0 radical (unpaired) electrons. The molecule has 6 nitrogen and oxygen atoms in total. The lowest BCUT2D eigenvalue weighted by Crippen LogP contribution is -2.23. The van der Waals surface area contributed by atoms with Crippen LogP contribution in [0.3, 0.4) is 0 Å². The molecule has 1 aliphatic heterocycles. The smallest absolute Gasteiger partial charge is 0.343 e. The van der Waals surface area contributed by atoms with Gasteiger partial charge in [0.25, 0.3) is 0 Å². The minimum absolute atomic E-state index is 0. The van der Waals surface area contributed by atoms with Crippen LogP contribution in [0.2, 0.25) is 0 Å². The zero-order valence-corrected chi connectivity index (χ0v) is 16.0. The predicted octanol–water partition coefficient (Wildman–Crippen LogP) is 3.68. The number of hydrogen-bond acceptors (Lipinski definition) is 4. The fraction of sp³-hybridized carbons (Fsp3) is 0.238. The van der Waals surface area contributed by atoms with E-state index in [9.17, 15) is 4.79 Å². The van der Waals surface area contributed by atoms with Crippen molar-refractivity contribution < 1.29 is 4.42 Å². The Morgan fingerprint density at radius 1 is 1.07 bits per heavy atom. The molecule has 4 aromatic rings. The lowest BCUT2D eigenvalue weighted by Gasteiger charge is -2.11. The molecule has 0 saturated carbocycles. The van der Waals surface area contributed by atoms with Crippen molar-refractivity contribution in [2.24, 2.45) is 5.92 Å². The van der Waals surface area contributed by atoms with Gasteiger partial charge in [-0.25, -0.2) is 9.89 Å². The lowest BCUT2D eigenvalue weighted by molar-refractivity contribution is 0.475. The van der Waals surface area contributed by atoms with E-state index < -0.39 is 0 Å². The van der Waals surface area contributed by atoms with Crippen LogP contribution in [0.15, 0.2) is 64.0 Å². The first kappa shape index (κ1) is 18.5. The largest absolute Gasteiger partial charge is 0.464 e. The highest BCUT2D eigenvalue weighted by Gasteiger charge is 2.19. The maximum Gasteiger partial charge on any atom is 0.343 e. The van der Waals surface area contributed by atoms with Crippen LogP contribution in [0, 0.1) is 5.92 Å². The van der Waals surface area contributed by atoms with Crippen molar-refractivity contribution in [3.63, 3.8) is 0 Å². The number of H-pyrrole nitrogens is 1. The van der Waals surface area contributed by atoms with Crippen LogP contribution in [0.1, 0.15) is 6.42 Å². The number of aromatic amines is 1. The minimum atomic E-state index is -0.147. The average molecular weight is 397 g/mol. The second-order valence-electron chi connectivity index (χ2n) is 7.07. The second-order valence-corrected chi connectivity index (χ2v) is 7.07. The lowest BCUT2D eigenvalue weighted by atomic mass is 10.0. The quantitative estimate of drug-likeness (QED) is 0.551. The van der Waals surface area contributed by atoms with Gasteiger partial charge in [-0.1, -0.05) is 30.3 Å². The molecule has 1 aliphatic rings. The van der Waals surface area contributed by atoms with Crippen molar-refractivity contribution in [1.82, 2.24) is 20.1 Å². The number of halogens is 1. The third-order valence-electron chi connectivity index (χ3n) is 5.29. The van der Waals surface area contributed by atoms with Gasteiger partial charge in [-0.15, -0.1) is 12.4 Å². The Morgan fingerprint density at radius 2 is 1.86 bits per heavy atom. The van der Waals surface area contributed by atoms with Gasteiger partial charge in [0.05, 0.1) is 6.26 Å². The van der Waals surface area contributed by atoms with Crippen molar-refractivity contribution >= 4 is 23.4 Å². The van der Waals surface area contributed by atoms with Crippen LogP contribution in [-0.4, -0.2) is 27.9 Å². The first-order valence-corrected chi connectivity index (χ1v) is 9.22. The van der Waals surface area contributed by atoms with Gasteiger partial charge < -0.3 is 9.73 Å². The Balaban J connectivity index is 0.00000192. The molecule has 2 aromatic heterocycles. The summed E-state index contributed by atoms with van der Waals surface area (Å²) in [6, 6.07) is 16.3. The number of nitrogens with zero attached hydrogens (tertiary/aromatic N) is 2. The summed E-state index contributed by atoms with van der Waals surface area (Å²) in [5.41, 5.74) is 3.93. The van der Waals surface area contributed by atoms with Crippen LogP contribution in [0.4, 0.5) is 0 Å². The molecular formula is C21H21ClN4O2. The molecule has 144 valence electrons. The Hall–Kier alpha value is -2.83. The molecule has 0 bridgehead atoms. The maximum absolute atomic E-state index is 12.2. The monoisotopic (exact) mass is 396 g/mol. The van der Waals surface area contributed by atoms with Crippen LogP contribution >= 0.6 is 12.4 Å². The van der Waals surface area contributed by atoms with Crippen LogP contribution in [0.5, 0.6) is 0 Å². The Kier molecular flexibility index (Phi) is 5.07. The molecule has 1 saturated heterocycles. The zero-order valence-electron chi connectivity index (χ0n) is 15.2. The Bertz CT molecular complexity index is 1140.